The van der Waals surface area contributed by atoms with E-state index in [0.29, 0.717) is 17.2 Å². The number of nitrogens with zero attached hydrogens (tertiary/aromatic N) is 1. The average molecular weight is 292 g/mol. The van der Waals surface area contributed by atoms with Crippen LogP contribution < -0.4 is 5.32 Å². The second kappa shape index (κ2) is 5.50. The Kier molecular flexibility index (Phi) is 3.79. The van der Waals surface area contributed by atoms with Crippen molar-refractivity contribution in [3.8, 4) is 0 Å². The predicted octanol–water partition coefficient (Wildman–Crippen LogP) is 2.94. The maximum Gasteiger partial charge on any atom is 0.0702 e. The van der Waals surface area contributed by atoms with Gasteiger partial charge in [0.15, 0.2) is 0 Å². The minimum Gasteiger partial charge on any atom is -0.377 e. The smallest absolute Gasteiger partial charge is 0.0702 e. The van der Waals surface area contributed by atoms with Crippen LogP contribution in [0.4, 0.5) is 0 Å². The molecule has 1 N–H and O–H groups in total. The largest absolute Gasteiger partial charge is 0.377 e. The van der Waals surface area contributed by atoms with Gasteiger partial charge in [0.1, 0.15) is 0 Å². The van der Waals surface area contributed by atoms with Gasteiger partial charge in [0, 0.05) is 37.3 Å². The molecule has 4 aliphatic rings. The van der Waals surface area contributed by atoms with Gasteiger partial charge in [-0.1, -0.05) is 12.8 Å². The molecule has 2 aliphatic carbocycles. The van der Waals surface area contributed by atoms with E-state index in [1.54, 1.807) is 0 Å². The zero-order valence-electron chi connectivity index (χ0n) is 13.7. The quantitative estimate of drug-likeness (QED) is 0.865. The summed E-state index contributed by atoms with van der Waals surface area (Å²) in [6.45, 7) is 7.11. The van der Waals surface area contributed by atoms with Gasteiger partial charge in [0.05, 0.1) is 6.10 Å². The molecule has 1 spiro atoms. The van der Waals surface area contributed by atoms with E-state index in [1.165, 1.54) is 77.4 Å². The summed E-state index contributed by atoms with van der Waals surface area (Å²) in [6, 6.07) is 0. The maximum absolute atomic E-state index is 6.07. The van der Waals surface area contributed by atoms with Crippen molar-refractivity contribution in [2.75, 3.05) is 26.2 Å². The highest BCUT2D eigenvalue weighted by Gasteiger charge is 2.52. The van der Waals surface area contributed by atoms with Crippen LogP contribution in [0.1, 0.15) is 64.7 Å². The first-order valence-corrected chi connectivity index (χ1v) is 9.32. The molecule has 0 radical (unpaired) electrons. The van der Waals surface area contributed by atoms with Gasteiger partial charge in [-0.15, -0.1) is 0 Å². The molecule has 2 unspecified atom stereocenters. The number of nitrogens with one attached hydrogen (secondary N) is 1. The summed E-state index contributed by atoms with van der Waals surface area (Å²) in [5.41, 5.74) is 0.817. The second-order valence-electron chi connectivity index (χ2n) is 8.35. The van der Waals surface area contributed by atoms with Crippen LogP contribution in [-0.4, -0.2) is 48.3 Å². The first kappa shape index (κ1) is 14.5. The van der Waals surface area contributed by atoms with E-state index in [1.807, 2.05) is 0 Å². The molecular weight excluding hydrogens is 260 g/mol. The Balaban J connectivity index is 1.49. The van der Waals surface area contributed by atoms with Crippen molar-refractivity contribution in [2.45, 2.75) is 81.9 Å². The molecule has 0 aromatic rings. The lowest BCUT2D eigenvalue weighted by atomic mass is 9.83. The van der Waals surface area contributed by atoms with Crippen molar-refractivity contribution in [2.24, 2.45) is 5.92 Å². The fourth-order valence-corrected chi connectivity index (χ4v) is 5.07. The minimum atomic E-state index is 0.364. The molecular formula is C18H32N2O. The molecule has 2 aliphatic heterocycles. The van der Waals surface area contributed by atoms with Crippen molar-refractivity contribution in [3.63, 3.8) is 0 Å². The molecule has 4 fully saturated rings. The summed E-state index contributed by atoms with van der Waals surface area (Å²) >= 11 is 0. The lowest BCUT2D eigenvalue weighted by Gasteiger charge is -2.54. The van der Waals surface area contributed by atoms with Gasteiger partial charge >= 0.3 is 0 Å². The van der Waals surface area contributed by atoms with Crippen LogP contribution in [0, 0.1) is 5.92 Å². The molecule has 0 aromatic heterocycles. The molecule has 3 heteroatoms. The molecule has 120 valence electrons. The van der Waals surface area contributed by atoms with Crippen LogP contribution in [0.25, 0.3) is 0 Å². The van der Waals surface area contributed by atoms with Crippen molar-refractivity contribution in [1.29, 1.82) is 0 Å². The normalized spacial score (nSPS) is 40.7. The zero-order chi connectivity index (χ0) is 14.3. The lowest BCUT2D eigenvalue weighted by molar-refractivity contribution is -0.0583. The fraction of sp³-hybridized carbons (Fsp3) is 1.00. The second-order valence-corrected chi connectivity index (χ2v) is 8.35. The highest BCUT2D eigenvalue weighted by molar-refractivity contribution is 5.10. The van der Waals surface area contributed by atoms with E-state index >= 15 is 0 Å². The van der Waals surface area contributed by atoms with Crippen molar-refractivity contribution < 1.29 is 4.74 Å². The van der Waals surface area contributed by atoms with Crippen molar-refractivity contribution in [1.82, 2.24) is 10.2 Å². The van der Waals surface area contributed by atoms with Crippen LogP contribution in [0.2, 0.25) is 0 Å². The van der Waals surface area contributed by atoms with E-state index in [2.05, 4.69) is 17.1 Å². The first-order valence-electron chi connectivity index (χ1n) is 9.32. The van der Waals surface area contributed by atoms with E-state index in [9.17, 15) is 0 Å². The van der Waals surface area contributed by atoms with Crippen LogP contribution in [0.5, 0.6) is 0 Å². The number of ether oxygens (including phenoxy) is 1. The Bertz CT molecular complexity index is 369. The van der Waals surface area contributed by atoms with Gasteiger partial charge in [-0.25, -0.2) is 0 Å². The van der Waals surface area contributed by atoms with Crippen LogP contribution in [0.3, 0.4) is 0 Å². The van der Waals surface area contributed by atoms with E-state index < -0.39 is 0 Å². The summed E-state index contributed by atoms with van der Waals surface area (Å²) in [7, 11) is 0. The Morgan fingerprint density at radius 1 is 1.10 bits per heavy atom. The van der Waals surface area contributed by atoms with Crippen LogP contribution >= 0.6 is 0 Å². The van der Waals surface area contributed by atoms with Gasteiger partial charge < -0.3 is 10.1 Å². The molecule has 0 bridgehead atoms. The lowest BCUT2D eigenvalue weighted by Crippen LogP contribution is -2.70. The number of hydrogen-bond donors (Lipinski definition) is 1. The van der Waals surface area contributed by atoms with Gasteiger partial charge in [-0.2, -0.15) is 0 Å². The van der Waals surface area contributed by atoms with Crippen molar-refractivity contribution in [3.05, 3.63) is 0 Å². The zero-order valence-corrected chi connectivity index (χ0v) is 13.7. The highest BCUT2D eigenvalue weighted by Crippen LogP contribution is 2.46. The van der Waals surface area contributed by atoms with Gasteiger partial charge in [-0.05, 0) is 57.8 Å². The van der Waals surface area contributed by atoms with E-state index in [0.717, 1.165) is 12.5 Å². The molecule has 2 atom stereocenters. The molecule has 2 saturated heterocycles. The predicted molar refractivity (Wildman–Crippen MR) is 85.5 cm³/mol. The third-order valence-electron chi connectivity index (χ3n) is 6.72. The molecule has 0 aromatic carbocycles. The third kappa shape index (κ3) is 2.77. The van der Waals surface area contributed by atoms with Gasteiger partial charge in [0.25, 0.3) is 0 Å². The van der Waals surface area contributed by atoms with E-state index in [-0.39, 0.29) is 0 Å². The topological polar surface area (TPSA) is 24.5 Å². The van der Waals surface area contributed by atoms with Crippen LogP contribution in [0.15, 0.2) is 0 Å². The highest BCUT2D eigenvalue weighted by atomic mass is 16.5. The SMILES string of the molecule is CC1(C2CC2)CN(CC2CCCCO2)C2(CCCC2)CN1. The third-order valence-corrected chi connectivity index (χ3v) is 6.72. The Hall–Kier alpha value is -0.120. The van der Waals surface area contributed by atoms with Gasteiger partial charge in [0.2, 0.25) is 0 Å². The Morgan fingerprint density at radius 3 is 2.57 bits per heavy atom. The number of rotatable bonds is 3. The molecule has 3 nitrogen and oxygen atoms in total. The molecule has 2 saturated carbocycles. The standard InChI is InChI=1S/C18H32N2O/c1-17(15-7-8-15)14-20(12-16-6-2-5-11-21-16)18(13-19-17)9-3-4-10-18/h15-16,19H,2-14H2,1H3. The summed E-state index contributed by atoms with van der Waals surface area (Å²) in [6.07, 6.45) is 12.9. The maximum atomic E-state index is 6.07. The minimum absolute atomic E-state index is 0.364. The monoisotopic (exact) mass is 292 g/mol. The molecule has 4 rings (SSSR count). The number of piperazine rings is 1. The van der Waals surface area contributed by atoms with Crippen LogP contribution in [-0.2, 0) is 4.74 Å². The van der Waals surface area contributed by atoms with Crippen molar-refractivity contribution >= 4 is 0 Å². The fourth-order valence-electron chi connectivity index (χ4n) is 5.07. The Morgan fingerprint density at radius 2 is 1.90 bits per heavy atom. The molecule has 21 heavy (non-hydrogen) atoms. The summed E-state index contributed by atoms with van der Waals surface area (Å²) in [5.74, 6) is 0.922. The summed E-state index contributed by atoms with van der Waals surface area (Å²) in [5, 5.41) is 3.97. The Labute approximate surface area is 129 Å². The van der Waals surface area contributed by atoms with Gasteiger partial charge in [-0.3, -0.25) is 4.90 Å². The average Bonchev–Trinajstić information content (AvgIpc) is 3.26. The molecule has 2 heterocycles. The number of hydrogen-bond acceptors (Lipinski definition) is 3. The van der Waals surface area contributed by atoms with E-state index in [4.69, 9.17) is 4.74 Å². The molecule has 0 amide bonds. The summed E-state index contributed by atoms with van der Waals surface area (Å²) < 4.78 is 6.07. The summed E-state index contributed by atoms with van der Waals surface area (Å²) in [4.78, 5) is 2.87. The first-order chi connectivity index (χ1) is 10.2.